The number of fused-ring (bicyclic) bond motifs is 1. The Morgan fingerprint density at radius 1 is 1.47 bits per heavy atom. The van der Waals surface area contributed by atoms with Crippen molar-refractivity contribution in [3.63, 3.8) is 0 Å². The maximum absolute atomic E-state index is 9.19. The van der Waals surface area contributed by atoms with Gasteiger partial charge in [-0.15, -0.1) is 0 Å². The van der Waals surface area contributed by atoms with E-state index in [9.17, 15) is 5.11 Å². The molecule has 1 aliphatic rings. The molecule has 1 aromatic carbocycles. The summed E-state index contributed by atoms with van der Waals surface area (Å²) in [6.45, 7) is 4.47. The van der Waals surface area contributed by atoms with Crippen LogP contribution < -0.4 is 10.1 Å². The van der Waals surface area contributed by atoms with Gasteiger partial charge in [0.15, 0.2) is 0 Å². The lowest BCUT2D eigenvalue weighted by atomic mass is 9.93. The zero-order chi connectivity index (χ0) is 12.1. The molecule has 2 atom stereocenters. The lowest BCUT2D eigenvalue weighted by molar-refractivity contribution is 0.183. The highest BCUT2D eigenvalue weighted by Gasteiger charge is 2.20. The minimum absolute atomic E-state index is 0.218. The Balaban J connectivity index is 1.86. The van der Waals surface area contributed by atoms with E-state index in [1.54, 1.807) is 0 Å². The number of ether oxygens (including phenoxy) is 1. The highest BCUT2D eigenvalue weighted by atomic mass is 16.5. The van der Waals surface area contributed by atoms with Crippen LogP contribution in [0.5, 0.6) is 5.75 Å². The van der Waals surface area contributed by atoms with Crippen LogP contribution >= 0.6 is 0 Å². The van der Waals surface area contributed by atoms with Crippen LogP contribution in [0, 0.1) is 0 Å². The number of para-hydroxylation sites is 1. The van der Waals surface area contributed by atoms with E-state index in [4.69, 9.17) is 4.74 Å². The molecule has 94 valence electrons. The van der Waals surface area contributed by atoms with E-state index >= 15 is 0 Å². The molecular formula is C14H21NO2. The van der Waals surface area contributed by atoms with Crippen molar-refractivity contribution >= 4 is 0 Å². The third kappa shape index (κ3) is 3.45. The number of aliphatic hydroxyl groups is 1. The number of hydrogen-bond acceptors (Lipinski definition) is 3. The van der Waals surface area contributed by atoms with Crippen molar-refractivity contribution in [2.75, 3.05) is 19.7 Å². The molecule has 0 amide bonds. The maximum Gasteiger partial charge on any atom is 0.122 e. The Morgan fingerprint density at radius 3 is 3.12 bits per heavy atom. The van der Waals surface area contributed by atoms with Crippen molar-refractivity contribution < 1.29 is 9.84 Å². The zero-order valence-electron chi connectivity index (χ0n) is 10.4. The maximum atomic E-state index is 9.19. The molecule has 17 heavy (non-hydrogen) atoms. The van der Waals surface area contributed by atoms with E-state index < -0.39 is 0 Å². The Kier molecular flexibility index (Phi) is 4.40. The second-order valence-electron chi connectivity index (χ2n) is 4.71. The van der Waals surface area contributed by atoms with E-state index in [0.29, 0.717) is 5.92 Å². The van der Waals surface area contributed by atoms with Crippen molar-refractivity contribution in [1.82, 2.24) is 5.32 Å². The Labute approximate surface area is 103 Å². The monoisotopic (exact) mass is 235 g/mol. The van der Waals surface area contributed by atoms with Gasteiger partial charge in [0, 0.05) is 12.5 Å². The molecule has 3 heteroatoms. The first kappa shape index (κ1) is 12.4. The first-order valence-corrected chi connectivity index (χ1v) is 6.38. The first-order valence-electron chi connectivity index (χ1n) is 6.38. The van der Waals surface area contributed by atoms with Crippen molar-refractivity contribution in [3.05, 3.63) is 29.8 Å². The van der Waals surface area contributed by atoms with E-state index in [0.717, 1.165) is 38.3 Å². The Morgan fingerprint density at radius 2 is 2.29 bits per heavy atom. The van der Waals surface area contributed by atoms with Crippen molar-refractivity contribution in [2.45, 2.75) is 31.8 Å². The summed E-state index contributed by atoms with van der Waals surface area (Å²) in [5.41, 5.74) is 1.31. The van der Waals surface area contributed by atoms with Gasteiger partial charge in [-0.2, -0.15) is 0 Å². The van der Waals surface area contributed by atoms with E-state index in [1.165, 1.54) is 5.56 Å². The van der Waals surface area contributed by atoms with Crippen LogP contribution in [-0.2, 0) is 0 Å². The summed E-state index contributed by atoms with van der Waals surface area (Å²) in [7, 11) is 0. The first-order chi connectivity index (χ1) is 8.27. The van der Waals surface area contributed by atoms with Crippen LogP contribution in [0.1, 0.15) is 31.2 Å². The average Bonchev–Trinajstić information content (AvgIpc) is 2.34. The predicted molar refractivity (Wildman–Crippen MR) is 68.5 cm³/mol. The zero-order valence-corrected chi connectivity index (χ0v) is 10.4. The SMILES string of the molecule is CC(O)CCNCC1CCOc2ccccc21. The third-order valence-corrected chi connectivity index (χ3v) is 3.21. The van der Waals surface area contributed by atoms with E-state index in [-0.39, 0.29) is 6.10 Å². The summed E-state index contributed by atoms with van der Waals surface area (Å²) in [6, 6.07) is 8.27. The van der Waals surface area contributed by atoms with Crippen LogP contribution in [0.2, 0.25) is 0 Å². The third-order valence-electron chi connectivity index (χ3n) is 3.21. The smallest absolute Gasteiger partial charge is 0.122 e. The largest absolute Gasteiger partial charge is 0.493 e. The van der Waals surface area contributed by atoms with Crippen molar-refractivity contribution in [1.29, 1.82) is 0 Å². The van der Waals surface area contributed by atoms with Crippen molar-refractivity contribution in [3.8, 4) is 5.75 Å². The number of hydrogen-bond donors (Lipinski definition) is 2. The molecular weight excluding hydrogens is 214 g/mol. The number of benzene rings is 1. The number of aliphatic hydroxyl groups excluding tert-OH is 1. The second-order valence-corrected chi connectivity index (χ2v) is 4.71. The lowest BCUT2D eigenvalue weighted by Gasteiger charge is -2.26. The van der Waals surface area contributed by atoms with Crippen LogP contribution in [-0.4, -0.2) is 30.9 Å². The van der Waals surface area contributed by atoms with Crippen molar-refractivity contribution in [2.24, 2.45) is 0 Å². The minimum Gasteiger partial charge on any atom is -0.493 e. The van der Waals surface area contributed by atoms with E-state index in [1.807, 2.05) is 19.1 Å². The van der Waals surface area contributed by atoms with Gasteiger partial charge >= 0.3 is 0 Å². The fraction of sp³-hybridized carbons (Fsp3) is 0.571. The highest BCUT2D eigenvalue weighted by molar-refractivity contribution is 5.37. The summed E-state index contributed by atoms with van der Waals surface area (Å²) >= 11 is 0. The highest BCUT2D eigenvalue weighted by Crippen LogP contribution is 2.32. The summed E-state index contributed by atoms with van der Waals surface area (Å²) < 4.78 is 5.63. The molecule has 1 heterocycles. The van der Waals surface area contributed by atoms with Crippen LogP contribution in [0.4, 0.5) is 0 Å². The van der Waals surface area contributed by atoms with E-state index in [2.05, 4.69) is 17.4 Å². The number of rotatable bonds is 5. The Hall–Kier alpha value is -1.06. The molecule has 2 rings (SSSR count). The van der Waals surface area contributed by atoms with Gasteiger partial charge in [0.25, 0.3) is 0 Å². The molecule has 2 N–H and O–H groups in total. The van der Waals surface area contributed by atoms with Crippen LogP contribution in [0.15, 0.2) is 24.3 Å². The topological polar surface area (TPSA) is 41.5 Å². The van der Waals surface area contributed by atoms with Crippen LogP contribution in [0.25, 0.3) is 0 Å². The standard InChI is InChI=1S/C14H21NO2/c1-11(16)6-8-15-10-12-7-9-17-14-5-3-2-4-13(12)14/h2-5,11-12,15-16H,6-10H2,1H3. The molecule has 0 saturated heterocycles. The fourth-order valence-electron chi connectivity index (χ4n) is 2.22. The molecule has 2 unspecified atom stereocenters. The molecule has 0 radical (unpaired) electrons. The van der Waals surface area contributed by atoms with Gasteiger partial charge in [0.05, 0.1) is 12.7 Å². The minimum atomic E-state index is -0.218. The summed E-state index contributed by atoms with van der Waals surface area (Å²) in [5, 5.41) is 12.6. The molecule has 0 spiro atoms. The van der Waals surface area contributed by atoms with Gasteiger partial charge in [-0.1, -0.05) is 18.2 Å². The normalized spacial score (nSPS) is 20.5. The summed E-state index contributed by atoms with van der Waals surface area (Å²) in [4.78, 5) is 0. The van der Waals surface area contributed by atoms with Gasteiger partial charge < -0.3 is 15.2 Å². The van der Waals surface area contributed by atoms with Gasteiger partial charge in [-0.3, -0.25) is 0 Å². The molecule has 1 aromatic rings. The predicted octanol–water partition coefficient (Wildman–Crippen LogP) is 1.91. The molecule has 0 saturated carbocycles. The molecule has 0 aliphatic carbocycles. The molecule has 1 aliphatic heterocycles. The van der Waals surface area contributed by atoms with Gasteiger partial charge in [0.1, 0.15) is 5.75 Å². The fourth-order valence-corrected chi connectivity index (χ4v) is 2.22. The quantitative estimate of drug-likeness (QED) is 0.766. The van der Waals surface area contributed by atoms with Crippen LogP contribution in [0.3, 0.4) is 0 Å². The van der Waals surface area contributed by atoms with Gasteiger partial charge in [-0.25, -0.2) is 0 Å². The summed E-state index contributed by atoms with van der Waals surface area (Å²) in [5.74, 6) is 1.56. The lowest BCUT2D eigenvalue weighted by Crippen LogP contribution is -2.27. The molecule has 0 bridgehead atoms. The molecule has 0 fully saturated rings. The second kappa shape index (κ2) is 6.03. The Bertz CT molecular complexity index is 352. The molecule has 3 nitrogen and oxygen atoms in total. The van der Waals surface area contributed by atoms with Gasteiger partial charge in [0.2, 0.25) is 0 Å². The van der Waals surface area contributed by atoms with Gasteiger partial charge in [-0.05, 0) is 37.9 Å². The summed E-state index contributed by atoms with van der Waals surface area (Å²) in [6.07, 6.45) is 1.66. The number of nitrogens with one attached hydrogen (secondary N) is 1. The average molecular weight is 235 g/mol. The molecule has 0 aromatic heterocycles.